The van der Waals surface area contributed by atoms with Gasteiger partial charge in [0.15, 0.2) is 0 Å². The number of methoxy groups -OCH3 is 1. The van der Waals surface area contributed by atoms with Crippen LogP contribution in [0.1, 0.15) is 11.1 Å². The maximum absolute atomic E-state index is 12.7. The minimum atomic E-state index is -5.15. The third-order valence-corrected chi connectivity index (χ3v) is 3.37. The van der Waals surface area contributed by atoms with E-state index in [1.54, 1.807) is 0 Å². The lowest BCUT2D eigenvalue weighted by Crippen LogP contribution is -2.22. The zero-order valence-corrected chi connectivity index (χ0v) is 12.3. The molecule has 0 N–H and O–H groups in total. The van der Waals surface area contributed by atoms with Crippen LogP contribution in [0.25, 0.3) is 0 Å². The van der Waals surface area contributed by atoms with Gasteiger partial charge in [0, 0.05) is 15.3 Å². The molecule has 0 aliphatic carbocycles. The normalized spacial score (nSPS) is 12.2. The van der Waals surface area contributed by atoms with Gasteiger partial charge in [-0.1, -0.05) is 0 Å². The number of esters is 1. The molecule has 0 unspecified atom stereocenters. The van der Waals surface area contributed by atoms with E-state index in [1.165, 1.54) is 22.6 Å². The van der Waals surface area contributed by atoms with Crippen LogP contribution in [0.4, 0.5) is 26.3 Å². The van der Waals surface area contributed by atoms with Crippen molar-refractivity contribution in [2.24, 2.45) is 0 Å². The number of alkyl halides is 6. The first-order valence-corrected chi connectivity index (χ1v) is 6.10. The molecule has 0 aliphatic rings. The summed E-state index contributed by atoms with van der Waals surface area (Å²) in [5.74, 6) is -2.15. The van der Waals surface area contributed by atoms with Crippen LogP contribution in [0.2, 0.25) is 0 Å². The fourth-order valence-electron chi connectivity index (χ4n) is 1.28. The number of hydrogen-bond donors (Lipinski definition) is 0. The molecule has 0 aliphatic heterocycles. The Morgan fingerprint density at radius 1 is 1.29 bits per heavy atom. The summed E-state index contributed by atoms with van der Waals surface area (Å²) < 4.78 is 81.8. The Balaban J connectivity index is 3.38. The molecule has 0 spiro atoms. The van der Waals surface area contributed by atoms with Crippen LogP contribution in [0.3, 0.4) is 0 Å². The quantitative estimate of drug-likeness (QED) is 0.421. The molecular weight excluding hydrogens is 423 g/mol. The average molecular weight is 429 g/mol. The molecule has 0 atom stereocenters. The molecule has 11 heteroatoms. The second kappa shape index (κ2) is 6.23. The summed E-state index contributed by atoms with van der Waals surface area (Å²) in [6.07, 6.45) is -10.6. The largest absolute Gasteiger partial charge is 0.574 e. The minimum Gasteiger partial charge on any atom is -0.469 e. The van der Waals surface area contributed by atoms with Crippen LogP contribution < -0.4 is 4.74 Å². The first-order chi connectivity index (χ1) is 9.45. The average Bonchev–Trinajstić information content (AvgIpc) is 2.30. The number of carbonyl (C=O) groups excluding carboxylic acids is 1. The zero-order chi connectivity index (χ0) is 16.4. The van der Waals surface area contributed by atoms with Gasteiger partial charge in [0.1, 0.15) is 0 Å². The molecule has 1 aromatic heterocycles. The molecule has 21 heavy (non-hydrogen) atoms. The van der Waals surface area contributed by atoms with Crippen LogP contribution in [0.15, 0.2) is 6.20 Å². The Labute approximate surface area is 127 Å². The number of nitrogens with zero attached hydrogens (tertiary/aromatic N) is 1. The van der Waals surface area contributed by atoms with E-state index in [0.717, 1.165) is 7.11 Å². The molecule has 0 fully saturated rings. The maximum Gasteiger partial charge on any atom is 0.574 e. The van der Waals surface area contributed by atoms with Gasteiger partial charge in [-0.05, 0) is 22.6 Å². The molecule has 1 aromatic rings. The molecular formula is C10H6F6INO3. The van der Waals surface area contributed by atoms with Gasteiger partial charge in [-0.15, -0.1) is 13.2 Å². The van der Waals surface area contributed by atoms with Gasteiger partial charge in [0.2, 0.25) is 5.88 Å². The van der Waals surface area contributed by atoms with Crippen molar-refractivity contribution in [3.05, 3.63) is 20.9 Å². The lowest BCUT2D eigenvalue weighted by molar-refractivity contribution is -0.276. The van der Waals surface area contributed by atoms with Crippen molar-refractivity contribution in [1.82, 2.24) is 4.98 Å². The Morgan fingerprint density at radius 3 is 2.29 bits per heavy atom. The number of aromatic nitrogens is 1. The number of pyridine rings is 1. The third kappa shape index (κ3) is 4.89. The maximum atomic E-state index is 12.7. The smallest absolute Gasteiger partial charge is 0.469 e. The van der Waals surface area contributed by atoms with Crippen molar-refractivity contribution >= 4 is 28.6 Å². The van der Waals surface area contributed by atoms with Crippen molar-refractivity contribution < 1.29 is 40.6 Å². The summed E-state index contributed by atoms with van der Waals surface area (Å²) in [5, 5.41) is 0. The lowest BCUT2D eigenvalue weighted by atomic mass is 10.1. The fourth-order valence-corrected chi connectivity index (χ4v) is 2.15. The monoisotopic (exact) mass is 429 g/mol. The van der Waals surface area contributed by atoms with Gasteiger partial charge in [0.05, 0.1) is 19.1 Å². The van der Waals surface area contributed by atoms with Crippen LogP contribution in [-0.4, -0.2) is 24.4 Å². The molecule has 0 bridgehead atoms. The summed E-state index contributed by atoms with van der Waals surface area (Å²) in [6.45, 7) is 0. The van der Waals surface area contributed by atoms with Crippen LogP contribution >= 0.6 is 22.6 Å². The van der Waals surface area contributed by atoms with Gasteiger partial charge in [-0.2, -0.15) is 13.2 Å². The van der Waals surface area contributed by atoms with Crippen molar-refractivity contribution in [3.8, 4) is 5.88 Å². The van der Waals surface area contributed by atoms with Gasteiger partial charge >= 0.3 is 18.5 Å². The molecule has 0 saturated carbocycles. The molecule has 1 heterocycles. The second-order valence-corrected chi connectivity index (χ2v) is 4.65. The first kappa shape index (κ1) is 17.8. The Hall–Kier alpha value is -1.27. The van der Waals surface area contributed by atoms with Crippen molar-refractivity contribution in [1.29, 1.82) is 0 Å². The van der Waals surface area contributed by atoms with Crippen LogP contribution in [0, 0.1) is 3.57 Å². The number of ether oxygens (including phenoxy) is 2. The van der Waals surface area contributed by atoms with E-state index in [9.17, 15) is 31.1 Å². The molecule has 1 rings (SSSR count). The second-order valence-electron chi connectivity index (χ2n) is 3.57. The van der Waals surface area contributed by atoms with Gasteiger partial charge in [-0.25, -0.2) is 4.98 Å². The number of halogens is 7. The molecule has 0 aromatic carbocycles. The highest BCUT2D eigenvalue weighted by atomic mass is 127. The third-order valence-electron chi connectivity index (χ3n) is 2.14. The Bertz CT molecular complexity index is 543. The number of rotatable bonds is 3. The molecule has 0 saturated heterocycles. The van der Waals surface area contributed by atoms with Gasteiger partial charge in [0.25, 0.3) is 0 Å². The van der Waals surface area contributed by atoms with E-state index in [4.69, 9.17) is 0 Å². The number of hydrogen-bond acceptors (Lipinski definition) is 4. The predicted octanol–water partition coefficient (Wildman–Crippen LogP) is 3.32. The number of carbonyl (C=O) groups is 1. The summed E-state index contributed by atoms with van der Waals surface area (Å²) in [5.41, 5.74) is -1.91. The highest BCUT2D eigenvalue weighted by Gasteiger charge is 2.38. The van der Waals surface area contributed by atoms with Gasteiger partial charge in [-0.3, -0.25) is 4.79 Å². The summed E-state index contributed by atoms with van der Waals surface area (Å²) in [6, 6.07) is 0. The van der Waals surface area contributed by atoms with E-state index >= 15 is 0 Å². The van der Waals surface area contributed by atoms with Crippen LogP contribution in [-0.2, 0) is 22.1 Å². The highest BCUT2D eigenvalue weighted by molar-refractivity contribution is 14.1. The standard InChI is InChI=1S/C10H6F6INO3/c1-20-6(19)2-4-7(17)5(9(11,12)13)3-18-8(4)21-10(14,15)16/h3H,2H2,1H3. The van der Waals surface area contributed by atoms with Crippen molar-refractivity contribution in [3.63, 3.8) is 0 Å². The van der Waals surface area contributed by atoms with Gasteiger partial charge < -0.3 is 9.47 Å². The molecule has 0 radical (unpaired) electrons. The predicted molar refractivity (Wildman–Crippen MR) is 64.4 cm³/mol. The Kier molecular flexibility index (Phi) is 5.28. The summed E-state index contributed by atoms with van der Waals surface area (Å²) in [7, 11) is 0.945. The summed E-state index contributed by atoms with van der Waals surface area (Å²) >= 11 is 1.18. The lowest BCUT2D eigenvalue weighted by Gasteiger charge is -2.16. The highest BCUT2D eigenvalue weighted by Crippen LogP contribution is 2.37. The van der Waals surface area contributed by atoms with E-state index < -0.39 is 45.5 Å². The molecule has 4 nitrogen and oxygen atoms in total. The molecule has 0 amide bonds. The van der Waals surface area contributed by atoms with Crippen molar-refractivity contribution in [2.75, 3.05) is 7.11 Å². The Morgan fingerprint density at radius 2 is 1.86 bits per heavy atom. The van der Waals surface area contributed by atoms with E-state index in [0.29, 0.717) is 0 Å². The van der Waals surface area contributed by atoms with E-state index in [-0.39, 0.29) is 6.20 Å². The van der Waals surface area contributed by atoms with Crippen LogP contribution in [0.5, 0.6) is 5.88 Å². The van der Waals surface area contributed by atoms with Crippen molar-refractivity contribution in [2.45, 2.75) is 19.0 Å². The SMILES string of the molecule is COC(=O)Cc1c(OC(F)(F)F)ncc(C(F)(F)F)c1I. The fraction of sp³-hybridized carbons (Fsp3) is 0.400. The van der Waals surface area contributed by atoms with E-state index in [2.05, 4.69) is 14.5 Å². The summed E-state index contributed by atoms with van der Waals surface area (Å²) in [4.78, 5) is 14.1. The molecule has 118 valence electrons. The van der Waals surface area contributed by atoms with E-state index in [1.807, 2.05) is 0 Å². The topological polar surface area (TPSA) is 48.4 Å². The first-order valence-electron chi connectivity index (χ1n) is 5.03. The zero-order valence-electron chi connectivity index (χ0n) is 10.1. The minimum absolute atomic E-state index is 0.212.